The molecule has 0 amide bonds. The minimum absolute atomic E-state index is 0.667. The fourth-order valence-corrected chi connectivity index (χ4v) is 2.29. The molecule has 0 aromatic heterocycles. The third kappa shape index (κ3) is 47.3. The van der Waals surface area contributed by atoms with Crippen LogP contribution >= 0.6 is 0 Å². The number of hydrogen-bond acceptors (Lipinski definition) is 0. The minimum Gasteiger partial charge on any atom is -0.0654 e. The van der Waals surface area contributed by atoms with E-state index in [1.807, 2.05) is 0 Å². The Labute approximate surface area is 191 Å². The van der Waals surface area contributed by atoms with E-state index in [9.17, 15) is 0 Å². The molecule has 0 aromatic carbocycles. The third-order valence-corrected chi connectivity index (χ3v) is 5.85. The van der Waals surface area contributed by atoms with E-state index in [1.165, 1.54) is 77.0 Å². The molecule has 0 heterocycles. The zero-order chi connectivity index (χ0) is 24.1. The van der Waals surface area contributed by atoms with E-state index in [0.29, 0.717) is 5.41 Å². The fraction of sp³-hybridized carbons (Fsp3) is 1.00. The molecule has 29 heavy (non-hydrogen) atoms. The highest BCUT2D eigenvalue weighted by molar-refractivity contribution is 4.72. The molecule has 0 aliphatic carbocycles. The number of hydrogen-bond donors (Lipinski definition) is 0. The van der Waals surface area contributed by atoms with Crippen LogP contribution in [0.3, 0.4) is 0 Å². The summed E-state index contributed by atoms with van der Waals surface area (Å²) in [6, 6.07) is 0. The van der Waals surface area contributed by atoms with Crippen molar-refractivity contribution < 1.29 is 0 Å². The van der Waals surface area contributed by atoms with E-state index in [0.717, 1.165) is 11.8 Å². The second-order valence-corrected chi connectivity index (χ2v) is 9.28. The highest BCUT2D eigenvalue weighted by Crippen LogP contribution is 2.33. The normalized spacial score (nSPS) is 9.93. The predicted octanol–water partition coefficient (Wildman–Crippen LogP) is 12.1. The average molecular weight is 417 g/mol. The molecule has 0 aromatic rings. The lowest BCUT2D eigenvalue weighted by Gasteiger charge is -2.28. The first-order chi connectivity index (χ1) is 13.6. The number of unbranched alkanes of at least 4 members (excludes halogenated alkanes) is 4. The van der Waals surface area contributed by atoms with Gasteiger partial charge >= 0.3 is 0 Å². The van der Waals surface area contributed by atoms with Gasteiger partial charge < -0.3 is 0 Å². The maximum Gasteiger partial charge on any atom is -0.0308 e. The summed E-state index contributed by atoms with van der Waals surface area (Å²) in [5.74, 6) is 1.77. The lowest BCUT2D eigenvalue weighted by molar-refractivity contribution is 0.240. The Hall–Kier alpha value is 0. The van der Waals surface area contributed by atoms with Crippen LogP contribution in [-0.4, -0.2) is 0 Å². The van der Waals surface area contributed by atoms with Gasteiger partial charge in [-0.25, -0.2) is 0 Å². The maximum absolute atomic E-state index is 2.30. The summed E-state index contributed by atoms with van der Waals surface area (Å²) >= 11 is 0. The van der Waals surface area contributed by atoms with Gasteiger partial charge in [-0.2, -0.15) is 0 Å². The van der Waals surface area contributed by atoms with Crippen LogP contribution in [0.5, 0.6) is 0 Å². The molecule has 0 radical (unpaired) electrons. The Morgan fingerprint density at radius 1 is 0.448 bits per heavy atom. The average Bonchev–Trinajstić information content (AvgIpc) is 2.74. The summed E-state index contributed by atoms with van der Waals surface area (Å²) < 4.78 is 0. The van der Waals surface area contributed by atoms with Crippen molar-refractivity contribution in [3.63, 3.8) is 0 Å². The van der Waals surface area contributed by atoms with E-state index < -0.39 is 0 Å². The lowest BCUT2D eigenvalue weighted by Crippen LogP contribution is -2.15. The van der Waals surface area contributed by atoms with Crippen LogP contribution in [0.4, 0.5) is 0 Å². The van der Waals surface area contributed by atoms with E-state index in [2.05, 4.69) is 96.9 Å². The standard InChI is InChI=1S/C9H20.2C6H14.2C4H10/c1-5-9(6-2,7-3)8-4;1-4-6(3)5-2;1-3-5-6-4-2;1-4(2)3;1-3-4-2/h5-8H2,1-4H3;6H,4-5H2,1-3H3;3-6H2,1-2H3;4H,1-3H3;3-4H2,1-2H3. The largest absolute Gasteiger partial charge is 0.0654 e. The molecule has 0 bridgehead atoms. The second-order valence-electron chi connectivity index (χ2n) is 9.28. The van der Waals surface area contributed by atoms with Crippen molar-refractivity contribution in [1.82, 2.24) is 0 Å². The van der Waals surface area contributed by atoms with Crippen molar-refractivity contribution >= 4 is 0 Å². The van der Waals surface area contributed by atoms with E-state index in [1.54, 1.807) is 0 Å². The zero-order valence-corrected chi connectivity index (χ0v) is 24.1. The van der Waals surface area contributed by atoms with Crippen LogP contribution in [0.15, 0.2) is 0 Å². The van der Waals surface area contributed by atoms with Gasteiger partial charge in [0.05, 0.1) is 0 Å². The smallest absolute Gasteiger partial charge is 0.0308 e. The SMILES string of the molecule is CC(C)C.CCC(C)CC.CCC(CC)(CC)CC.CCCC.CCCCCC. The highest BCUT2D eigenvalue weighted by Gasteiger charge is 2.20. The third-order valence-electron chi connectivity index (χ3n) is 5.85. The molecule has 0 heteroatoms. The molecule has 0 rings (SSSR count). The van der Waals surface area contributed by atoms with Crippen LogP contribution in [-0.2, 0) is 0 Å². The van der Waals surface area contributed by atoms with Gasteiger partial charge in [-0.1, -0.05) is 174 Å². The summed E-state index contributed by atoms with van der Waals surface area (Å²) in [4.78, 5) is 0. The van der Waals surface area contributed by atoms with Crippen LogP contribution < -0.4 is 0 Å². The van der Waals surface area contributed by atoms with E-state index in [-0.39, 0.29) is 0 Å². The molecule has 0 saturated carbocycles. The first-order valence-corrected chi connectivity index (χ1v) is 13.6. The van der Waals surface area contributed by atoms with Gasteiger partial charge in [-0.15, -0.1) is 0 Å². The zero-order valence-electron chi connectivity index (χ0n) is 24.1. The summed E-state index contributed by atoms with van der Waals surface area (Å²) in [5.41, 5.74) is 0.667. The summed E-state index contributed by atoms with van der Waals surface area (Å²) in [5, 5.41) is 0. The van der Waals surface area contributed by atoms with Crippen LogP contribution in [0.2, 0.25) is 0 Å². The van der Waals surface area contributed by atoms with Gasteiger partial charge in [0.1, 0.15) is 0 Å². The van der Waals surface area contributed by atoms with Gasteiger partial charge in [-0.3, -0.25) is 0 Å². The Morgan fingerprint density at radius 3 is 0.724 bits per heavy atom. The Kier molecular flexibility index (Phi) is 48.2. The lowest BCUT2D eigenvalue weighted by atomic mass is 9.78. The molecule has 0 saturated heterocycles. The molecule has 0 nitrogen and oxygen atoms in total. The predicted molar refractivity (Wildman–Crippen MR) is 144 cm³/mol. The van der Waals surface area contributed by atoms with Crippen molar-refractivity contribution in [3.05, 3.63) is 0 Å². The fourth-order valence-electron chi connectivity index (χ4n) is 2.29. The molecule has 0 aliphatic heterocycles. The minimum atomic E-state index is 0.667. The molecule has 0 unspecified atom stereocenters. The number of rotatable bonds is 10. The summed E-state index contributed by atoms with van der Waals surface area (Å²) in [6.07, 6.45) is 16.2. The second kappa shape index (κ2) is 35.4. The van der Waals surface area contributed by atoms with Crippen LogP contribution in [0, 0.1) is 17.3 Å². The monoisotopic (exact) mass is 417 g/mol. The van der Waals surface area contributed by atoms with Gasteiger partial charge in [0.2, 0.25) is 0 Å². The maximum atomic E-state index is 2.30. The molecule has 0 aliphatic rings. The van der Waals surface area contributed by atoms with Crippen molar-refractivity contribution in [2.24, 2.45) is 17.3 Å². The Balaban J connectivity index is -0.0000000860. The molecular formula is C29H68. The van der Waals surface area contributed by atoms with E-state index >= 15 is 0 Å². The van der Waals surface area contributed by atoms with Gasteiger partial charge in [0, 0.05) is 0 Å². The molecule has 184 valence electrons. The molecule has 0 fully saturated rings. The van der Waals surface area contributed by atoms with Crippen LogP contribution in [0.25, 0.3) is 0 Å². The van der Waals surface area contributed by atoms with Gasteiger partial charge in [0.25, 0.3) is 0 Å². The van der Waals surface area contributed by atoms with Crippen molar-refractivity contribution in [2.75, 3.05) is 0 Å². The molecule has 0 atom stereocenters. The molecular weight excluding hydrogens is 348 g/mol. The quantitative estimate of drug-likeness (QED) is 0.310. The Bertz CT molecular complexity index is 182. The summed E-state index contributed by atoms with van der Waals surface area (Å²) in [7, 11) is 0. The van der Waals surface area contributed by atoms with Crippen molar-refractivity contribution in [1.29, 1.82) is 0 Å². The molecule has 0 N–H and O–H groups in total. The first kappa shape index (κ1) is 39.5. The van der Waals surface area contributed by atoms with Gasteiger partial charge in [0.15, 0.2) is 0 Å². The highest BCUT2D eigenvalue weighted by atomic mass is 14.3. The van der Waals surface area contributed by atoms with E-state index in [4.69, 9.17) is 0 Å². The first-order valence-electron chi connectivity index (χ1n) is 13.6. The van der Waals surface area contributed by atoms with Gasteiger partial charge in [-0.05, 0) is 17.3 Å². The molecule has 0 spiro atoms. The topological polar surface area (TPSA) is 0 Å². The van der Waals surface area contributed by atoms with Crippen molar-refractivity contribution in [3.8, 4) is 0 Å². The van der Waals surface area contributed by atoms with Crippen LogP contribution in [0.1, 0.15) is 174 Å². The Morgan fingerprint density at radius 2 is 0.690 bits per heavy atom. The summed E-state index contributed by atoms with van der Waals surface area (Å²) in [6.45, 7) is 31.3. The van der Waals surface area contributed by atoms with Crippen molar-refractivity contribution in [2.45, 2.75) is 174 Å².